The minimum Gasteiger partial charge on any atom is -0.478 e. The molecule has 10 heteroatoms. The highest BCUT2D eigenvalue weighted by molar-refractivity contribution is 7.89. The molecule has 1 aliphatic heterocycles. The molecule has 1 fully saturated rings. The number of sulfonamides is 1. The Kier molecular flexibility index (Phi) is 5.07. The Bertz CT molecular complexity index is 1020. The smallest absolute Gasteiger partial charge is 0.335 e. The van der Waals surface area contributed by atoms with E-state index in [0.717, 1.165) is 6.07 Å². The lowest BCUT2D eigenvalue weighted by Crippen LogP contribution is -2.49. The van der Waals surface area contributed by atoms with E-state index in [9.17, 15) is 13.2 Å². The molecule has 0 atom stereocenters. The maximum Gasteiger partial charge on any atom is 0.335 e. The van der Waals surface area contributed by atoms with E-state index in [4.69, 9.17) is 10.4 Å². The number of carboxylic acids is 1. The van der Waals surface area contributed by atoms with Gasteiger partial charge in [-0.3, -0.25) is 0 Å². The second-order valence-corrected chi connectivity index (χ2v) is 7.97. The molecule has 1 aromatic heterocycles. The lowest BCUT2D eigenvalue weighted by Gasteiger charge is -2.34. The molecule has 2 heterocycles. The van der Waals surface area contributed by atoms with Crippen LogP contribution in [0, 0.1) is 18.3 Å². The summed E-state index contributed by atoms with van der Waals surface area (Å²) < 4.78 is 26.9. The summed E-state index contributed by atoms with van der Waals surface area (Å²) >= 11 is 0. The molecule has 0 radical (unpaired) electrons. The molecular formula is C17H17N5O4S. The highest BCUT2D eigenvalue weighted by Gasteiger charge is 2.30. The SMILES string of the molecule is Cc1cc(C#N)nc(N2CCN(S(=O)(=O)c3cccc(C(=O)O)c3)CC2)n1. The fourth-order valence-electron chi connectivity index (χ4n) is 2.82. The van der Waals surface area contributed by atoms with Gasteiger partial charge in [0.05, 0.1) is 10.5 Å². The zero-order valence-corrected chi connectivity index (χ0v) is 15.3. The summed E-state index contributed by atoms with van der Waals surface area (Å²) in [5.41, 5.74) is 0.849. The van der Waals surface area contributed by atoms with Crippen LogP contribution in [-0.2, 0) is 10.0 Å². The second kappa shape index (κ2) is 7.30. The number of anilines is 1. The molecule has 1 saturated heterocycles. The van der Waals surface area contributed by atoms with Crippen LogP contribution in [0.2, 0.25) is 0 Å². The van der Waals surface area contributed by atoms with Gasteiger partial charge in [-0.1, -0.05) is 6.07 Å². The van der Waals surface area contributed by atoms with Crippen molar-refractivity contribution in [1.29, 1.82) is 5.26 Å². The topological polar surface area (TPSA) is 127 Å². The molecule has 1 aromatic carbocycles. The summed E-state index contributed by atoms with van der Waals surface area (Å²) in [5, 5.41) is 18.1. The van der Waals surface area contributed by atoms with Gasteiger partial charge >= 0.3 is 5.97 Å². The summed E-state index contributed by atoms with van der Waals surface area (Å²) in [6.45, 7) is 2.91. The molecule has 9 nitrogen and oxygen atoms in total. The zero-order chi connectivity index (χ0) is 19.6. The molecule has 3 rings (SSSR count). The fraction of sp³-hybridized carbons (Fsp3) is 0.294. The number of aryl methyl sites for hydroxylation is 1. The minimum atomic E-state index is -3.79. The number of carboxylic acid groups (broad SMARTS) is 1. The molecule has 1 aliphatic rings. The Balaban J connectivity index is 1.77. The average Bonchev–Trinajstić information content (AvgIpc) is 2.67. The van der Waals surface area contributed by atoms with Crippen LogP contribution in [-0.4, -0.2) is 59.9 Å². The highest BCUT2D eigenvalue weighted by atomic mass is 32.2. The van der Waals surface area contributed by atoms with Gasteiger partial charge in [0, 0.05) is 31.9 Å². The molecular weight excluding hydrogens is 370 g/mol. The van der Waals surface area contributed by atoms with Gasteiger partial charge in [-0.05, 0) is 31.2 Å². The third kappa shape index (κ3) is 3.89. The highest BCUT2D eigenvalue weighted by Crippen LogP contribution is 2.20. The number of carbonyl (C=O) groups is 1. The first-order valence-corrected chi connectivity index (χ1v) is 9.59. The van der Waals surface area contributed by atoms with E-state index < -0.39 is 16.0 Å². The van der Waals surface area contributed by atoms with E-state index in [1.807, 2.05) is 11.0 Å². The Hall–Kier alpha value is -3.03. The Morgan fingerprint density at radius 2 is 1.89 bits per heavy atom. The molecule has 1 N–H and O–H groups in total. The van der Waals surface area contributed by atoms with Crippen molar-refractivity contribution < 1.29 is 18.3 Å². The molecule has 0 amide bonds. The van der Waals surface area contributed by atoms with Crippen LogP contribution in [0.15, 0.2) is 35.2 Å². The van der Waals surface area contributed by atoms with Crippen molar-refractivity contribution in [3.05, 3.63) is 47.3 Å². The number of nitrogens with zero attached hydrogens (tertiary/aromatic N) is 5. The van der Waals surface area contributed by atoms with Crippen LogP contribution < -0.4 is 4.90 Å². The number of aromatic nitrogens is 2. The van der Waals surface area contributed by atoms with Crippen molar-refractivity contribution in [3.8, 4) is 6.07 Å². The molecule has 0 spiro atoms. The maximum absolute atomic E-state index is 12.8. The monoisotopic (exact) mass is 387 g/mol. The third-order valence-electron chi connectivity index (χ3n) is 4.20. The van der Waals surface area contributed by atoms with E-state index >= 15 is 0 Å². The summed E-state index contributed by atoms with van der Waals surface area (Å²) in [4.78, 5) is 21.3. The molecule has 0 saturated carbocycles. The predicted octanol–water partition coefficient (Wildman–Crippen LogP) is 0.866. The first-order chi connectivity index (χ1) is 12.8. The second-order valence-electron chi connectivity index (χ2n) is 6.03. The first kappa shape index (κ1) is 18.8. The number of hydrogen-bond acceptors (Lipinski definition) is 7. The van der Waals surface area contributed by atoms with Crippen molar-refractivity contribution >= 4 is 21.9 Å². The van der Waals surface area contributed by atoms with Gasteiger partial charge in [0.25, 0.3) is 0 Å². The largest absolute Gasteiger partial charge is 0.478 e. The maximum atomic E-state index is 12.8. The van der Waals surface area contributed by atoms with E-state index in [2.05, 4.69) is 9.97 Å². The fourth-order valence-corrected chi connectivity index (χ4v) is 4.29. The molecule has 0 aliphatic carbocycles. The van der Waals surface area contributed by atoms with Gasteiger partial charge in [0.2, 0.25) is 16.0 Å². The molecule has 0 bridgehead atoms. The third-order valence-corrected chi connectivity index (χ3v) is 6.09. The van der Waals surface area contributed by atoms with Crippen LogP contribution in [0.5, 0.6) is 0 Å². The number of benzene rings is 1. The Labute approximate surface area is 156 Å². The summed E-state index contributed by atoms with van der Waals surface area (Å²) in [7, 11) is -3.79. The number of hydrogen-bond donors (Lipinski definition) is 1. The number of rotatable bonds is 4. The molecule has 0 unspecified atom stereocenters. The average molecular weight is 387 g/mol. The quantitative estimate of drug-likeness (QED) is 0.818. The van der Waals surface area contributed by atoms with Crippen molar-refractivity contribution in [1.82, 2.24) is 14.3 Å². The minimum absolute atomic E-state index is 0.0468. The lowest BCUT2D eigenvalue weighted by molar-refractivity contribution is 0.0696. The van der Waals surface area contributed by atoms with Crippen LogP contribution >= 0.6 is 0 Å². The number of aromatic carboxylic acids is 1. The van der Waals surface area contributed by atoms with Crippen molar-refractivity contribution in [3.63, 3.8) is 0 Å². The van der Waals surface area contributed by atoms with Crippen molar-refractivity contribution in [2.24, 2.45) is 0 Å². The summed E-state index contributed by atoms with van der Waals surface area (Å²) in [6.07, 6.45) is 0. The van der Waals surface area contributed by atoms with Gasteiger partial charge in [-0.2, -0.15) is 9.57 Å². The summed E-state index contributed by atoms with van der Waals surface area (Å²) in [6, 6.07) is 8.87. The summed E-state index contributed by atoms with van der Waals surface area (Å²) in [5.74, 6) is -0.779. The standard InChI is InChI=1S/C17H17N5O4S/c1-12-9-14(11-18)20-17(19-12)21-5-7-22(8-6-21)27(25,26)15-4-2-3-13(10-15)16(23)24/h2-4,9-10H,5-8H2,1H3,(H,23,24). The van der Waals surface area contributed by atoms with Crippen LogP contribution in [0.4, 0.5) is 5.95 Å². The van der Waals surface area contributed by atoms with Crippen molar-refractivity contribution in [2.45, 2.75) is 11.8 Å². The number of piperazine rings is 1. The van der Waals surface area contributed by atoms with E-state index in [-0.39, 0.29) is 29.2 Å². The van der Waals surface area contributed by atoms with Crippen LogP contribution in [0.1, 0.15) is 21.7 Å². The Morgan fingerprint density at radius 3 is 2.52 bits per heavy atom. The molecule has 140 valence electrons. The van der Waals surface area contributed by atoms with E-state index in [1.165, 1.54) is 22.5 Å². The number of nitriles is 1. The van der Waals surface area contributed by atoms with Crippen molar-refractivity contribution in [2.75, 3.05) is 31.1 Å². The lowest BCUT2D eigenvalue weighted by atomic mass is 10.2. The van der Waals surface area contributed by atoms with Crippen LogP contribution in [0.25, 0.3) is 0 Å². The van der Waals surface area contributed by atoms with Gasteiger partial charge in [-0.15, -0.1) is 0 Å². The predicted molar refractivity (Wildman–Crippen MR) is 95.9 cm³/mol. The van der Waals surface area contributed by atoms with E-state index in [0.29, 0.717) is 24.7 Å². The molecule has 2 aromatic rings. The van der Waals surface area contributed by atoms with Crippen LogP contribution in [0.3, 0.4) is 0 Å². The van der Waals surface area contributed by atoms with Gasteiger partial charge < -0.3 is 10.0 Å². The molecule has 27 heavy (non-hydrogen) atoms. The van der Waals surface area contributed by atoms with Gasteiger partial charge in [0.1, 0.15) is 11.8 Å². The zero-order valence-electron chi connectivity index (χ0n) is 14.5. The Morgan fingerprint density at radius 1 is 1.19 bits per heavy atom. The van der Waals surface area contributed by atoms with Gasteiger partial charge in [0.15, 0.2) is 0 Å². The first-order valence-electron chi connectivity index (χ1n) is 8.15. The van der Waals surface area contributed by atoms with E-state index in [1.54, 1.807) is 13.0 Å². The van der Waals surface area contributed by atoms with Gasteiger partial charge in [-0.25, -0.2) is 23.2 Å². The normalized spacial score (nSPS) is 15.3.